The third-order valence-electron chi connectivity index (χ3n) is 4.73. The van der Waals surface area contributed by atoms with Gasteiger partial charge in [0.05, 0.1) is 41.1 Å². The molecule has 0 spiro atoms. The Bertz CT molecular complexity index is 475. The van der Waals surface area contributed by atoms with Crippen LogP contribution in [0.3, 0.4) is 0 Å². The first-order valence-corrected chi connectivity index (χ1v) is 8.54. The number of hydrogen-bond acceptors (Lipinski definition) is 7. The van der Waals surface area contributed by atoms with Crippen LogP contribution in [0, 0.1) is 10.1 Å². The van der Waals surface area contributed by atoms with E-state index >= 15 is 0 Å². The highest BCUT2D eigenvalue weighted by Crippen LogP contribution is 2.50. The number of thioether (sulfide) groups is 1. The first-order chi connectivity index (χ1) is 10.5. The summed E-state index contributed by atoms with van der Waals surface area (Å²) in [6, 6.07) is -0.200. The smallest absolute Gasteiger partial charge is 0.275 e. The molecule has 0 aromatic heterocycles. The summed E-state index contributed by atoms with van der Waals surface area (Å²) in [4.78, 5) is 16.6. The molecule has 0 N–H and O–H groups in total. The molecule has 0 saturated carbocycles. The summed E-state index contributed by atoms with van der Waals surface area (Å²) < 4.78 is 10.9. The van der Waals surface area contributed by atoms with Crippen molar-refractivity contribution in [1.29, 1.82) is 0 Å². The van der Waals surface area contributed by atoms with Gasteiger partial charge in [-0.25, -0.2) is 0 Å². The van der Waals surface area contributed by atoms with E-state index in [-0.39, 0.29) is 15.8 Å². The Kier molecular flexibility index (Phi) is 4.75. The SMILES string of the molecule is CC1=C([N+](=O)[O-])[C@H](N2CCOCC2)[C@](C)(N2CCOCC2)S1. The number of allylic oxidation sites excluding steroid dienone is 1. The maximum Gasteiger partial charge on any atom is 0.275 e. The summed E-state index contributed by atoms with van der Waals surface area (Å²) in [7, 11) is 0. The number of morpholine rings is 2. The van der Waals surface area contributed by atoms with Crippen LogP contribution < -0.4 is 0 Å². The molecule has 2 atom stereocenters. The van der Waals surface area contributed by atoms with Gasteiger partial charge >= 0.3 is 0 Å². The summed E-state index contributed by atoms with van der Waals surface area (Å²) >= 11 is 1.64. The maximum absolute atomic E-state index is 11.7. The van der Waals surface area contributed by atoms with Gasteiger partial charge in [0.2, 0.25) is 0 Å². The van der Waals surface area contributed by atoms with Gasteiger partial charge in [0, 0.05) is 26.2 Å². The van der Waals surface area contributed by atoms with Gasteiger partial charge in [-0.3, -0.25) is 19.9 Å². The van der Waals surface area contributed by atoms with Crippen LogP contribution in [-0.4, -0.2) is 78.2 Å². The van der Waals surface area contributed by atoms with E-state index in [0.717, 1.165) is 31.1 Å². The molecule has 3 rings (SSSR count). The molecule has 8 heteroatoms. The first-order valence-electron chi connectivity index (χ1n) is 7.73. The molecule has 0 aromatic rings. The Morgan fingerprint density at radius 3 is 2.27 bits per heavy atom. The van der Waals surface area contributed by atoms with E-state index in [1.165, 1.54) is 0 Å². The van der Waals surface area contributed by atoms with E-state index in [4.69, 9.17) is 9.47 Å². The Morgan fingerprint density at radius 2 is 1.73 bits per heavy atom. The van der Waals surface area contributed by atoms with Crippen molar-refractivity contribution in [3.05, 3.63) is 20.7 Å². The average Bonchev–Trinajstić information content (AvgIpc) is 2.81. The van der Waals surface area contributed by atoms with Crippen LogP contribution in [0.1, 0.15) is 13.8 Å². The van der Waals surface area contributed by atoms with Crippen molar-refractivity contribution < 1.29 is 14.4 Å². The van der Waals surface area contributed by atoms with Gasteiger partial charge in [-0.05, 0) is 13.8 Å². The zero-order chi connectivity index (χ0) is 15.7. The molecular weight excluding hydrogens is 306 g/mol. The fraction of sp³-hybridized carbons (Fsp3) is 0.857. The molecule has 124 valence electrons. The number of hydrogen-bond donors (Lipinski definition) is 0. The van der Waals surface area contributed by atoms with Gasteiger partial charge < -0.3 is 9.47 Å². The lowest BCUT2D eigenvalue weighted by Crippen LogP contribution is -2.62. The number of nitrogens with zero attached hydrogens (tertiary/aromatic N) is 3. The Labute approximate surface area is 134 Å². The minimum atomic E-state index is -0.312. The van der Waals surface area contributed by atoms with E-state index in [1.54, 1.807) is 11.8 Å². The van der Waals surface area contributed by atoms with Crippen molar-refractivity contribution in [2.24, 2.45) is 0 Å². The van der Waals surface area contributed by atoms with E-state index in [0.29, 0.717) is 32.1 Å². The van der Waals surface area contributed by atoms with Gasteiger partial charge in [-0.1, -0.05) is 11.8 Å². The third-order valence-corrected chi connectivity index (χ3v) is 6.14. The lowest BCUT2D eigenvalue weighted by Gasteiger charge is -2.47. The number of nitro groups is 1. The number of rotatable bonds is 3. The predicted octanol–water partition coefficient (Wildman–Crippen LogP) is 0.991. The molecule has 0 aliphatic carbocycles. The summed E-state index contributed by atoms with van der Waals surface area (Å²) in [6.45, 7) is 9.83. The Balaban J connectivity index is 1.93. The molecule has 2 fully saturated rings. The van der Waals surface area contributed by atoms with Crippen LogP contribution in [0.2, 0.25) is 0 Å². The van der Waals surface area contributed by atoms with Crippen molar-refractivity contribution in [3.63, 3.8) is 0 Å². The monoisotopic (exact) mass is 329 g/mol. The van der Waals surface area contributed by atoms with E-state index < -0.39 is 0 Å². The van der Waals surface area contributed by atoms with Crippen LogP contribution in [-0.2, 0) is 9.47 Å². The zero-order valence-electron chi connectivity index (χ0n) is 13.1. The second kappa shape index (κ2) is 6.45. The summed E-state index contributed by atoms with van der Waals surface area (Å²) in [5, 5.41) is 11.7. The summed E-state index contributed by atoms with van der Waals surface area (Å²) in [6.07, 6.45) is 0. The van der Waals surface area contributed by atoms with E-state index in [9.17, 15) is 10.1 Å². The van der Waals surface area contributed by atoms with Crippen molar-refractivity contribution in [2.75, 3.05) is 52.6 Å². The second-order valence-corrected chi connectivity index (χ2v) is 7.65. The van der Waals surface area contributed by atoms with Crippen molar-refractivity contribution in [2.45, 2.75) is 24.8 Å². The van der Waals surface area contributed by atoms with Crippen LogP contribution in [0.25, 0.3) is 0 Å². The molecule has 0 radical (unpaired) electrons. The Morgan fingerprint density at radius 1 is 1.18 bits per heavy atom. The second-order valence-electron chi connectivity index (χ2n) is 6.01. The lowest BCUT2D eigenvalue weighted by atomic mass is 10.0. The molecular formula is C14H23N3O4S. The molecule has 2 saturated heterocycles. The average molecular weight is 329 g/mol. The molecule has 0 amide bonds. The first kappa shape index (κ1) is 16.2. The Hall–Kier alpha value is -0.670. The molecule has 0 unspecified atom stereocenters. The predicted molar refractivity (Wildman–Crippen MR) is 84.3 cm³/mol. The minimum Gasteiger partial charge on any atom is -0.379 e. The highest BCUT2D eigenvalue weighted by atomic mass is 32.2. The topological polar surface area (TPSA) is 68.1 Å². The van der Waals surface area contributed by atoms with Gasteiger partial charge in [0.25, 0.3) is 5.70 Å². The zero-order valence-corrected chi connectivity index (χ0v) is 13.9. The van der Waals surface area contributed by atoms with Crippen LogP contribution >= 0.6 is 11.8 Å². The molecule has 3 aliphatic rings. The van der Waals surface area contributed by atoms with Gasteiger partial charge in [0.15, 0.2) is 0 Å². The molecule has 7 nitrogen and oxygen atoms in total. The fourth-order valence-corrected chi connectivity index (χ4v) is 5.28. The molecule has 0 aromatic carbocycles. The van der Waals surface area contributed by atoms with Crippen molar-refractivity contribution in [1.82, 2.24) is 9.80 Å². The van der Waals surface area contributed by atoms with Gasteiger partial charge in [0.1, 0.15) is 6.04 Å². The maximum atomic E-state index is 11.7. The largest absolute Gasteiger partial charge is 0.379 e. The standard InChI is InChI=1S/C14H23N3O4S/c1-11-12(17(18)19)13(15-3-7-20-8-4-15)14(2,22-11)16-5-9-21-10-6-16/h13H,3-10H2,1-2H3/t13-,14+/m0/s1. The molecule has 3 aliphatic heterocycles. The normalized spacial score (nSPS) is 35.1. The third kappa shape index (κ3) is 2.78. The molecule has 0 bridgehead atoms. The van der Waals surface area contributed by atoms with E-state index in [2.05, 4.69) is 16.7 Å². The fourth-order valence-electron chi connectivity index (χ4n) is 3.68. The van der Waals surface area contributed by atoms with Gasteiger partial charge in [-0.15, -0.1) is 0 Å². The number of ether oxygens (including phenoxy) is 2. The molecule has 22 heavy (non-hydrogen) atoms. The quantitative estimate of drug-likeness (QED) is 0.565. The summed E-state index contributed by atoms with van der Waals surface area (Å²) in [5.74, 6) is 0. The van der Waals surface area contributed by atoms with E-state index in [1.807, 2.05) is 6.92 Å². The lowest BCUT2D eigenvalue weighted by molar-refractivity contribution is -0.435. The summed E-state index contributed by atoms with van der Waals surface area (Å²) in [5.41, 5.74) is 0.362. The van der Waals surface area contributed by atoms with Crippen LogP contribution in [0.4, 0.5) is 0 Å². The van der Waals surface area contributed by atoms with Crippen molar-refractivity contribution >= 4 is 11.8 Å². The molecule has 3 heterocycles. The minimum absolute atomic E-state index is 0.186. The van der Waals surface area contributed by atoms with Gasteiger partial charge in [-0.2, -0.15) is 0 Å². The van der Waals surface area contributed by atoms with Crippen molar-refractivity contribution in [3.8, 4) is 0 Å². The highest BCUT2D eigenvalue weighted by molar-refractivity contribution is 8.04. The van der Waals surface area contributed by atoms with Crippen LogP contribution in [0.15, 0.2) is 10.6 Å². The highest BCUT2D eigenvalue weighted by Gasteiger charge is 2.56. The van der Waals surface area contributed by atoms with Crippen LogP contribution in [0.5, 0.6) is 0 Å².